The first kappa shape index (κ1) is 14.1. The number of alkyl halides is 3. The molecule has 0 heterocycles. The fourth-order valence-corrected chi connectivity index (χ4v) is 3.21. The Balaban J connectivity index is 1.99. The lowest BCUT2D eigenvalue weighted by Crippen LogP contribution is -2.50. The minimum absolute atomic E-state index is 0.0599. The molecule has 0 bridgehead atoms. The van der Waals surface area contributed by atoms with E-state index in [9.17, 15) is 18.3 Å². The standard InChI is InChI=1S/C13H22F3NO/c1-17(8-9-3-2-4-9)12-7-10(18)5-6-11(12)13(14,15)16/h9-12,18H,2-8H2,1H3. The van der Waals surface area contributed by atoms with Crippen molar-refractivity contribution in [2.24, 2.45) is 11.8 Å². The number of rotatable bonds is 3. The molecule has 2 aliphatic rings. The molecule has 2 saturated carbocycles. The van der Waals surface area contributed by atoms with Gasteiger partial charge in [0.1, 0.15) is 0 Å². The van der Waals surface area contributed by atoms with Crippen LogP contribution in [0.5, 0.6) is 0 Å². The zero-order valence-corrected chi connectivity index (χ0v) is 10.8. The van der Waals surface area contributed by atoms with Crippen LogP contribution in [0.1, 0.15) is 38.5 Å². The van der Waals surface area contributed by atoms with Crippen LogP contribution in [-0.4, -0.2) is 41.9 Å². The van der Waals surface area contributed by atoms with Gasteiger partial charge < -0.3 is 10.0 Å². The fourth-order valence-electron chi connectivity index (χ4n) is 3.21. The summed E-state index contributed by atoms with van der Waals surface area (Å²) in [6.45, 7) is 0.740. The van der Waals surface area contributed by atoms with E-state index in [1.165, 1.54) is 6.42 Å². The Morgan fingerprint density at radius 1 is 1.17 bits per heavy atom. The predicted octanol–water partition coefficient (Wildman–Crippen LogP) is 2.81. The Kier molecular flexibility index (Phi) is 4.22. The maximum Gasteiger partial charge on any atom is 0.393 e. The second kappa shape index (κ2) is 5.37. The lowest BCUT2D eigenvalue weighted by Gasteiger charge is -2.42. The number of nitrogens with zero attached hydrogens (tertiary/aromatic N) is 1. The number of hydrogen-bond donors (Lipinski definition) is 1. The molecule has 2 nitrogen and oxygen atoms in total. The highest BCUT2D eigenvalue weighted by Gasteiger charge is 2.48. The van der Waals surface area contributed by atoms with Crippen LogP contribution < -0.4 is 0 Å². The van der Waals surface area contributed by atoms with Gasteiger partial charge in [-0.3, -0.25) is 0 Å². The minimum atomic E-state index is -4.14. The highest BCUT2D eigenvalue weighted by molar-refractivity contribution is 4.90. The van der Waals surface area contributed by atoms with Crippen LogP contribution >= 0.6 is 0 Å². The molecular weight excluding hydrogens is 243 g/mol. The Hall–Kier alpha value is -0.290. The summed E-state index contributed by atoms with van der Waals surface area (Å²) in [6, 6.07) is -0.547. The predicted molar refractivity (Wildman–Crippen MR) is 63.2 cm³/mol. The van der Waals surface area contributed by atoms with E-state index in [-0.39, 0.29) is 19.3 Å². The molecule has 2 aliphatic carbocycles. The van der Waals surface area contributed by atoms with Crippen LogP contribution in [0, 0.1) is 11.8 Å². The van der Waals surface area contributed by atoms with Gasteiger partial charge in [0.2, 0.25) is 0 Å². The highest BCUT2D eigenvalue weighted by atomic mass is 19.4. The van der Waals surface area contributed by atoms with Crippen LogP contribution in [0.4, 0.5) is 13.2 Å². The smallest absolute Gasteiger partial charge is 0.393 e. The van der Waals surface area contributed by atoms with Crippen LogP contribution in [0.25, 0.3) is 0 Å². The first-order valence-electron chi connectivity index (χ1n) is 6.83. The molecule has 18 heavy (non-hydrogen) atoms. The molecule has 0 aromatic carbocycles. The molecule has 1 N–H and O–H groups in total. The van der Waals surface area contributed by atoms with Gasteiger partial charge >= 0.3 is 6.18 Å². The van der Waals surface area contributed by atoms with Crippen molar-refractivity contribution in [3.8, 4) is 0 Å². The van der Waals surface area contributed by atoms with Crippen molar-refractivity contribution in [2.75, 3.05) is 13.6 Å². The zero-order valence-electron chi connectivity index (χ0n) is 10.8. The molecule has 0 spiro atoms. The van der Waals surface area contributed by atoms with E-state index in [0.717, 1.165) is 19.4 Å². The van der Waals surface area contributed by atoms with Gasteiger partial charge in [0.05, 0.1) is 12.0 Å². The average molecular weight is 265 g/mol. The van der Waals surface area contributed by atoms with E-state index in [4.69, 9.17) is 0 Å². The third-order valence-corrected chi connectivity index (χ3v) is 4.55. The topological polar surface area (TPSA) is 23.5 Å². The molecule has 5 heteroatoms. The van der Waals surface area contributed by atoms with Crippen molar-refractivity contribution < 1.29 is 18.3 Å². The van der Waals surface area contributed by atoms with Gasteiger partial charge in [-0.15, -0.1) is 0 Å². The maximum absolute atomic E-state index is 13.0. The van der Waals surface area contributed by atoms with Crippen LogP contribution in [0.2, 0.25) is 0 Å². The summed E-state index contributed by atoms with van der Waals surface area (Å²) in [5.41, 5.74) is 0. The average Bonchev–Trinajstić information content (AvgIpc) is 2.21. The second-order valence-corrected chi connectivity index (χ2v) is 5.92. The van der Waals surface area contributed by atoms with Gasteiger partial charge in [0, 0.05) is 12.6 Å². The lowest BCUT2D eigenvalue weighted by molar-refractivity contribution is -0.204. The van der Waals surface area contributed by atoms with E-state index >= 15 is 0 Å². The summed E-state index contributed by atoms with van der Waals surface area (Å²) in [6.07, 6.45) is -0.646. The summed E-state index contributed by atoms with van der Waals surface area (Å²) < 4.78 is 39.0. The van der Waals surface area contributed by atoms with Gasteiger partial charge in [-0.05, 0) is 45.1 Å². The Bertz CT molecular complexity index is 278. The second-order valence-electron chi connectivity index (χ2n) is 5.92. The largest absolute Gasteiger partial charge is 0.393 e. The summed E-state index contributed by atoms with van der Waals surface area (Å²) in [5, 5.41) is 9.62. The SMILES string of the molecule is CN(CC1CCC1)C1CC(O)CCC1C(F)(F)F. The number of aliphatic hydroxyl groups is 1. The van der Waals surface area contributed by atoms with Crippen LogP contribution in [0.3, 0.4) is 0 Å². The monoisotopic (exact) mass is 265 g/mol. The van der Waals surface area contributed by atoms with E-state index in [0.29, 0.717) is 5.92 Å². The molecule has 0 aromatic heterocycles. The molecule has 0 aliphatic heterocycles. The molecule has 106 valence electrons. The van der Waals surface area contributed by atoms with Crippen molar-refractivity contribution in [1.29, 1.82) is 0 Å². The number of hydrogen-bond acceptors (Lipinski definition) is 2. The normalized spacial score (nSPS) is 34.7. The van der Waals surface area contributed by atoms with Crippen LogP contribution in [-0.2, 0) is 0 Å². The van der Waals surface area contributed by atoms with E-state index in [1.807, 2.05) is 4.90 Å². The summed E-state index contributed by atoms with van der Waals surface area (Å²) >= 11 is 0. The lowest BCUT2D eigenvalue weighted by atomic mass is 9.80. The van der Waals surface area contributed by atoms with Crippen LogP contribution in [0.15, 0.2) is 0 Å². The van der Waals surface area contributed by atoms with Crippen molar-refractivity contribution in [1.82, 2.24) is 4.90 Å². The maximum atomic E-state index is 13.0. The summed E-state index contributed by atoms with van der Waals surface area (Å²) in [4.78, 5) is 1.84. The molecule has 0 aromatic rings. The van der Waals surface area contributed by atoms with E-state index in [1.54, 1.807) is 7.05 Å². The minimum Gasteiger partial charge on any atom is -0.393 e. The summed E-state index contributed by atoms with van der Waals surface area (Å²) in [5.74, 6) is -0.714. The molecule has 2 rings (SSSR count). The van der Waals surface area contributed by atoms with Crippen molar-refractivity contribution in [3.63, 3.8) is 0 Å². The van der Waals surface area contributed by atoms with E-state index in [2.05, 4.69) is 0 Å². The van der Waals surface area contributed by atoms with Gasteiger partial charge in [-0.1, -0.05) is 6.42 Å². The highest BCUT2D eigenvalue weighted by Crippen LogP contribution is 2.40. The van der Waals surface area contributed by atoms with E-state index < -0.39 is 24.2 Å². The van der Waals surface area contributed by atoms with Crippen molar-refractivity contribution >= 4 is 0 Å². The molecule has 2 fully saturated rings. The number of aliphatic hydroxyl groups excluding tert-OH is 1. The van der Waals surface area contributed by atoms with Gasteiger partial charge in [-0.25, -0.2) is 0 Å². The van der Waals surface area contributed by atoms with Crippen molar-refractivity contribution in [2.45, 2.75) is 56.8 Å². The Morgan fingerprint density at radius 3 is 2.33 bits per heavy atom. The fraction of sp³-hybridized carbons (Fsp3) is 1.00. The van der Waals surface area contributed by atoms with Gasteiger partial charge in [-0.2, -0.15) is 13.2 Å². The zero-order chi connectivity index (χ0) is 13.3. The quantitative estimate of drug-likeness (QED) is 0.848. The van der Waals surface area contributed by atoms with Gasteiger partial charge in [0.15, 0.2) is 0 Å². The Labute approximate surface area is 106 Å². The first-order chi connectivity index (χ1) is 8.38. The third kappa shape index (κ3) is 3.18. The van der Waals surface area contributed by atoms with Gasteiger partial charge in [0.25, 0.3) is 0 Å². The molecule has 0 saturated heterocycles. The molecule has 0 radical (unpaired) electrons. The molecule has 3 unspecified atom stereocenters. The molecule has 3 atom stereocenters. The summed E-state index contributed by atoms with van der Waals surface area (Å²) in [7, 11) is 1.78. The molecule has 0 amide bonds. The third-order valence-electron chi connectivity index (χ3n) is 4.55. The van der Waals surface area contributed by atoms with Crippen molar-refractivity contribution in [3.05, 3.63) is 0 Å². The number of halogens is 3. The first-order valence-corrected chi connectivity index (χ1v) is 6.83. The Morgan fingerprint density at radius 2 is 1.83 bits per heavy atom. The molecular formula is C13H22F3NO.